The highest BCUT2D eigenvalue weighted by Crippen LogP contribution is 2.39. The Hall–Kier alpha value is -2.23. The highest BCUT2D eigenvalue weighted by Gasteiger charge is 2.37. The Balaban J connectivity index is 2.36. The predicted molar refractivity (Wildman–Crippen MR) is 112 cm³/mol. The summed E-state index contributed by atoms with van der Waals surface area (Å²) in [6, 6.07) is 2.14. The van der Waals surface area contributed by atoms with E-state index in [1.165, 1.54) is 22.4 Å². The second-order valence-electron chi connectivity index (χ2n) is 8.18. The second kappa shape index (κ2) is 9.93. The smallest absolute Gasteiger partial charge is 0.416 e. The number of benzene rings is 1. The van der Waals surface area contributed by atoms with E-state index in [2.05, 4.69) is 4.98 Å². The van der Waals surface area contributed by atoms with Crippen molar-refractivity contribution >= 4 is 34.7 Å². The summed E-state index contributed by atoms with van der Waals surface area (Å²) in [5, 5.41) is 10.2. The molecule has 0 aliphatic rings. The number of esters is 1. The van der Waals surface area contributed by atoms with Crippen LogP contribution in [0.5, 0.6) is 0 Å². The average molecular weight is 461 g/mol. The molecule has 1 aromatic carbocycles. The van der Waals surface area contributed by atoms with Crippen molar-refractivity contribution in [3.8, 4) is 0 Å². The van der Waals surface area contributed by atoms with Gasteiger partial charge in [0.1, 0.15) is 6.04 Å². The zero-order valence-electron chi connectivity index (χ0n) is 18.0. The van der Waals surface area contributed by atoms with Crippen molar-refractivity contribution in [2.45, 2.75) is 64.3 Å². The minimum atomic E-state index is -4.52. The highest BCUT2D eigenvalue weighted by molar-refractivity contribution is 7.99. The molecule has 2 aromatic rings. The summed E-state index contributed by atoms with van der Waals surface area (Å²) in [5.74, 6) is -0.834. The monoisotopic (exact) mass is 460 g/mol. The number of halogens is 3. The molecule has 0 spiro atoms. The van der Waals surface area contributed by atoms with E-state index in [-0.39, 0.29) is 17.9 Å². The lowest BCUT2D eigenvalue weighted by atomic mass is 9.86. The van der Waals surface area contributed by atoms with Gasteiger partial charge in [0.05, 0.1) is 23.2 Å². The molecule has 2 rings (SSSR count). The van der Waals surface area contributed by atoms with Crippen LogP contribution in [0.15, 0.2) is 23.4 Å². The first-order valence-electron chi connectivity index (χ1n) is 9.96. The predicted octanol–water partition coefficient (Wildman–Crippen LogP) is 5.55. The lowest BCUT2D eigenvalue weighted by Crippen LogP contribution is -2.32. The second-order valence-corrected chi connectivity index (χ2v) is 9.25. The van der Waals surface area contributed by atoms with Crippen LogP contribution in [0.2, 0.25) is 0 Å². The maximum absolute atomic E-state index is 13.1. The molecule has 1 aromatic heterocycles. The summed E-state index contributed by atoms with van der Waals surface area (Å²) in [7, 11) is 0. The fourth-order valence-electron chi connectivity index (χ4n) is 3.24. The Kier molecular flexibility index (Phi) is 8.02. The number of imidazole rings is 1. The molecule has 6 nitrogen and oxygen atoms in total. The standard InChI is InChI=1S/C21H27F3N2O4S/c1-5-30-16(27)8-6-7-11-31-19-25-14-12-13(21(22,23)24)9-10-15(14)26(19)17(18(28)29)20(2,3)4/h9-10,12,17H,5-8,11H2,1-4H3,(H,28,29). The van der Waals surface area contributed by atoms with Crippen LogP contribution in [-0.2, 0) is 20.5 Å². The van der Waals surface area contributed by atoms with Gasteiger partial charge in [0, 0.05) is 12.2 Å². The molecule has 0 radical (unpaired) electrons. The van der Waals surface area contributed by atoms with Crippen LogP contribution in [0.25, 0.3) is 11.0 Å². The van der Waals surface area contributed by atoms with Crippen molar-refractivity contribution < 1.29 is 32.6 Å². The number of ether oxygens (including phenoxy) is 1. The van der Waals surface area contributed by atoms with Crippen LogP contribution < -0.4 is 0 Å². The average Bonchev–Trinajstić information content (AvgIpc) is 2.97. The molecule has 1 N–H and O–H groups in total. The first-order valence-corrected chi connectivity index (χ1v) is 10.9. The van der Waals surface area contributed by atoms with Crippen molar-refractivity contribution in [3.05, 3.63) is 23.8 Å². The molecule has 0 saturated carbocycles. The van der Waals surface area contributed by atoms with Gasteiger partial charge in [0.2, 0.25) is 0 Å². The normalized spacial score (nSPS) is 13.4. The van der Waals surface area contributed by atoms with Crippen molar-refractivity contribution in [3.63, 3.8) is 0 Å². The van der Waals surface area contributed by atoms with Gasteiger partial charge in [-0.05, 0) is 43.4 Å². The Morgan fingerprint density at radius 1 is 1.23 bits per heavy atom. The molecule has 0 aliphatic heterocycles. The third kappa shape index (κ3) is 6.38. The van der Waals surface area contributed by atoms with Gasteiger partial charge in [0.25, 0.3) is 0 Å². The molecule has 1 heterocycles. The van der Waals surface area contributed by atoms with Gasteiger partial charge in [-0.2, -0.15) is 13.2 Å². The molecule has 0 aliphatic carbocycles. The minimum absolute atomic E-state index is 0.0966. The van der Waals surface area contributed by atoms with E-state index in [4.69, 9.17) is 4.74 Å². The Labute approximate surface area is 183 Å². The minimum Gasteiger partial charge on any atom is -0.480 e. The van der Waals surface area contributed by atoms with Crippen molar-refractivity contribution in [1.29, 1.82) is 0 Å². The first-order chi connectivity index (χ1) is 14.4. The van der Waals surface area contributed by atoms with Crippen LogP contribution in [0.3, 0.4) is 0 Å². The number of aromatic nitrogens is 2. The maximum atomic E-state index is 13.1. The van der Waals surface area contributed by atoms with E-state index in [0.29, 0.717) is 35.9 Å². The molecule has 1 unspecified atom stereocenters. The van der Waals surface area contributed by atoms with E-state index in [9.17, 15) is 27.9 Å². The number of aliphatic carboxylic acids is 1. The number of rotatable bonds is 9. The summed E-state index contributed by atoms with van der Waals surface area (Å²) in [6.45, 7) is 7.33. The largest absolute Gasteiger partial charge is 0.480 e. The van der Waals surface area contributed by atoms with Gasteiger partial charge >= 0.3 is 18.1 Å². The van der Waals surface area contributed by atoms with Crippen LogP contribution in [-0.4, -0.2) is 39.0 Å². The zero-order valence-corrected chi connectivity index (χ0v) is 18.8. The molecule has 10 heteroatoms. The van der Waals surface area contributed by atoms with Gasteiger partial charge < -0.3 is 14.4 Å². The van der Waals surface area contributed by atoms with Crippen LogP contribution in [0, 0.1) is 5.41 Å². The number of alkyl halides is 3. The van der Waals surface area contributed by atoms with Crippen molar-refractivity contribution in [2.75, 3.05) is 12.4 Å². The van der Waals surface area contributed by atoms with E-state index in [1.807, 2.05) is 0 Å². The van der Waals surface area contributed by atoms with Gasteiger partial charge in [-0.25, -0.2) is 9.78 Å². The zero-order chi connectivity index (χ0) is 23.4. The Morgan fingerprint density at radius 2 is 1.90 bits per heavy atom. The van der Waals surface area contributed by atoms with Crippen LogP contribution in [0.1, 0.15) is 58.6 Å². The number of hydrogen-bond donors (Lipinski definition) is 1. The SMILES string of the molecule is CCOC(=O)CCCCSc1nc2cc(C(F)(F)F)ccc2n1C(C(=O)O)C(C)(C)C. The number of fused-ring (bicyclic) bond motifs is 1. The number of carboxylic acids is 1. The maximum Gasteiger partial charge on any atom is 0.416 e. The third-order valence-corrected chi connectivity index (χ3v) is 5.65. The lowest BCUT2D eigenvalue weighted by Gasteiger charge is -2.29. The molecular weight excluding hydrogens is 433 g/mol. The summed E-state index contributed by atoms with van der Waals surface area (Å²) in [6.07, 6.45) is -3.01. The summed E-state index contributed by atoms with van der Waals surface area (Å²) in [5.41, 5.74) is -1.11. The molecule has 0 saturated heterocycles. The topological polar surface area (TPSA) is 81.4 Å². The van der Waals surface area contributed by atoms with Gasteiger partial charge in [0.15, 0.2) is 5.16 Å². The van der Waals surface area contributed by atoms with Crippen molar-refractivity contribution in [2.24, 2.45) is 5.41 Å². The molecular formula is C21H27F3N2O4S. The van der Waals surface area contributed by atoms with E-state index in [0.717, 1.165) is 12.1 Å². The van der Waals surface area contributed by atoms with E-state index in [1.54, 1.807) is 27.7 Å². The van der Waals surface area contributed by atoms with E-state index >= 15 is 0 Å². The van der Waals surface area contributed by atoms with Gasteiger partial charge in [-0.15, -0.1) is 0 Å². The Bertz CT molecular complexity index is 935. The quantitative estimate of drug-likeness (QED) is 0.300. The number of thioether (sulfide) groups is 1. The molecule has 0 fully saturated rings. The number of nitrogens with zero attached hydrogens (tertiary/aromatic N) is 2. The summed E-state index contributed by atoms with van der Waals surface area (Å²) < 4.78 is 45.8. The molecule has 31 heavy (non-hydrogen) atoms. The third-order valence-electron chi connectivity index (χ3n) is 4.61. The number of hydrogen-bond acceptors (Lipinski definition) is 5. The summed E-state index contributed by atoms with van der Waals surface area (Å²) in [4.78, 5) is 27.9. The summed E-state index contributed by atoms with van der Waals surface area (Å²) >= 11 is 1.27. The Morgan fingerprint density at radius 3 is 2.45 bits per heavy atom. The molecule has 0 amide bonds. The number of carbonyl (C=O) groups is 2. The fourth-order valence-corrected chi connectivity index (χ4v) is 4.28. The van der Waals surface area contributed by atoms with Crippen molar-refractivity contribution in [1.82, 2.24) is 9.55 Å². The van der Waals surface area contributed by atoms with Gasteiger partial charge in [-0.3, -0.25) is 4.79 Å². The molecule has 172 valence electrons. The lowest BCUT2D eigenvalue weighted by molar-refractivity contribution is -0.145. The number of unbranched alkanes of at least 4 members (excludes halogenated alkanes) is 1. The highest BCUT2D eigenvalue weighted by atomic mass is 32.2. The fraction of sp³-hybridized carbons (Fsp3) is 0.571. The number of carbonyl (C=O) groups excluding carboxylic acids is 1. The van der Waals surface area contributed by atoms with Crippen LogP contribution >= 0.6 is 11.8 Å². The van der Waals surface area contributed by atoms with Gasteiger partial charge in [-0.1, -0.05) is 32.5 Å². The van der Waals surface area contributed by atoms with Crippen LogP contribution in [0.4, 0.5) is 13.2 Å². The number of carboxylic acid groups (broad SMARTS) is 1. The first kappa shape index (κ1) is 25.0. The van der Waals surface area contributed by atoms with E-state index < -0.39 is 29.2 Å². The molecule has 1 atom stereocenters. The molecule has 0 bridgehead atoms.